The van der Waals surface area contributed by atoms with Gasteiger partial charge in [-0.05, 0) is 37.3 Å². The van der Waals surface area contributed by atoms with Crippen molar-refractivity contribution in [3.05, 3.63) is 82.0 Å². The lowest BCUT2D eigenvalue weighted by Crippen LogP contribution is -2.38. The van der Waals surface area contributed by atoms with Crippen molar-refractivity contribution >= 4 is 44.3 Å². The number of anilines is 1. The van der Waals surface area contributed by atoms with Crippen molar-refractivity contribution in [3.63, 3.8) is 0 Å². The first-order valence-electron chi connectivity index (χ1n) is 10.6. The number of sulfonamides is 1. The molecule has 1 unspecified atom stereocenters. The molecule has 35 heavy (non-hydrogen) atoms. The number of nitrogens with zero attached hydrogens (tertiary/aromatic N) is 5. The van der Waals surface area contributed by atoms with Gasteiger partial charge in [0.15, 0.2) is 5.65 Å². The number of halogens is 1. The Hall–Kier alpha value is -3.70. The summed E-state index contributed by atoms with van der Waals surface area (Å²) in [5, 5.41) is 7.20. The van der Waals surface area contributed by atoms with Crippen LogP contribution >= 0.6 is 11.6 Å². The molecule has 4 rings (SSSR count). The smallest absolute Gasteiger partial charge is 0.265 e. The molecule has 0 aliphatic rings. The second kappa shape index (κ2) is 9.51. The van der Waals surface area contributed by atoms with E-state index >= 15 is 0 Å². The number of aromatic nitrogens is 4. The van der Waals surface area contributed by atoms with Gasteiger partial charge in [0.1, 0.15) is 16.6 Å². The topological polar surface area (TPSA) is 119 Å². The molecule has 0 aliphatic heterocycles. The molecule has 0 aliphatic carbocycles. The van der Waals surface area contributed by atoms with Gasteiger partial charge in [-0.3, -0.25) is 23.1 Å². The third kappa shape index (κ3) is 4.77. The number of rotatable bonds is 7. The van der Waals surface area contributed by atoms with Crippen LogP contribution in [0.1, 0.15) is 17.3 Å². The highest BCUT2D eigenvalue weighted by atomic mass is 35.5. The van der Waals surface area contributed by atoms with Gasteiger partial charge in [0.2, 0.25) is 0 Å². The van der Waals surface area contributed by atoms with Crippen LogP contribution in [0.5, 0.6) is 0 Å². The first kappa shape index (κ1) is 24.4. The molecular weight excluding hydrogens is 492 g/mol. The maximum atomic E-state index is 13.2. The lowest BCUT2D eigenvalue weighted by molar-refractivity contribution is 0.0936. The quantitative estimate of drug-likeness (QED) is 0.404. The third-order valence-electron chi connectivity index (χ3n) is 5.52. The Labute approximate surface area is 206 Å². The molecule has 2 heterocycles. The summed E-state index contributed by atoms with van der Waals surface area (Å²) in [6, 6.07) is 12.1. The van der Waals surface area contributed by atoms with Crippen molar-refractivity contribution in [2.24, 2.45) is 7.05 Å². The number of nitrogens with one attached hydrogen (secondary N) is 1. The minimum Gasteiger partial charge on any atom is -0.348 e. The first-order valence-corrected chi connectivity index (χ1v) is 12.4. The molecule has 0 fully saturated rings. The molecule has 182 valence electrons. The van der Waals surface area contributed by atoms with E-state index in [1.807, 2.05) is 0 Å². The number of amides is 1. The zero-order chi connectivity index (χ0) is 25.3. The van der Waals surface area contributed by atoms with Crippen LogP contribution in [-0.2, 0) is 23.6 Å². The van der Waals surface area contributed by atoms with E-state index in [9.17, 15) is 18.0 Å². The molecule has 0 bridgehead atoms. The molecular formula is C23H23ClN6O4S. The Morgan fingerprint density at radius 1 is 1.20 bits per heavy atom. The average Bonchev–Trinajstić information content (AvgIpc) is 3.22. The molecule has 0 radical (unpaired) electrons. The minimum atomic E-state index is -4.02. The van der Waals surface area contributed by atoms with Crippen LogP contribution in [0.2, 0.25) is 5.02 Å². The zero-order valence-electron chi connectivity index (χ0n) is 19.2. The van der Waals surface area contributed by atoms with E-state index in [-0.39, 0.29) is 27.6 Å². The Kier molecular flexibility index (Phi) is 6.64. The molecule has 1 amide bonds. The van der Waals surface area contributed by atoms with Gasteiger partial charge in [-0.1, -0.05) is 29.8 Å². The summed E-state index contributed by atoms with van der Waals surface area (Å²) < 4.78 is 30.4. The number of benzene rings is 2. The van der Waals surface area contributed by atoms with E-state index in [1.165, 1.54) is 47.0 Å². The monoisotopic (exact) mass is 514 g/mol. The predicted octanol–water partition coefficient (Wildman–Crippen LogP) is 2.43. The number of fused-ring (bicyclic) bond motifs is 1. The Balaban J connectivity index is 1.54. The Morgan fingerprint density at radius 3 is 2.63 bits per heavy atom. The maximum absolute atomic E-state index is 13.2. The van der Waals surface area contributed by atoms with E-state index in [4.69, 9.17) is 11.6 Å². The van der Waals surface area contributed by atoms with Crippen molar-refractivity contribution in [1.29, 1.82) is 0 Å². The molecule has 2 aromatic carbocycles. The predicted molar refractivity (Wildman–Crippen MR) is 133 cm³/mol. The van der Waals surface area contributed by atoms with Crippen molar-refractivity contribution in [3.8, 4) is 0 Å². The van der Waals surface area contributed by atoms with Gasteiger partial charge < -0.3 is 5.32 Å². The van der Waals surface area contributed by atoms with Crippen LogP contribution in [0.25, 0.3) is 11.0 Å². The Bertz CT molecular complexity index is 1570. The molecule has 0 saturated heterocycles. The summed E-state index contributed by atoms with van der Waals surface area (Å²) in [4.78, 5) is 29.6. The van der Waals surface area contributed by atoms with Crippen molar-refractivity contribution in [2.45, 2.75) is 24.4 Å². The number of para-hydroxylation sites is 1. The van der Waals surface area contributed by atoms with Crippen LogP contribution in [-0.4, -0.2) is 46.7 Å². The van der Waals surface area contributed by atoms with Crippen LogP contribution < -0.4 is 15.2 Å². The van der Waals surface area contributed by atoms with Crippen LogP contribution in [0, 0.1) is 0 Å². The minimum absolute atomic E-state index is 0.000204. The lowest BCUT2D eigenvalue weighted by atomic mass is 10.2. The fourth-order valence-corrected chi connectivity index (χ4v) is 5.31. The normalized spacial score (nSPS) is 12.5. The Morgan fingerprint density at radius 2 is 1.91 bits per heavy atom. The number of aryl methyl sites for hydroxylation is 1. The van der Waals surface area contributed by atoms with Crippen LogP contribution in [0.15, 0.2) is 70.7 Å². The highest BCUT2D eigenvalue weighted by Crippen LogP contribution is 2.28. The molecule has 2 aromatic heterocycles. The molecule has 12 heteroatoms. The number of hydrogen-bond donors (Lipinski definition) is 1. The lowest BCUT2D eigenvalue weighted by Gasteiger charge is -2.21. The van der Waals surface area contributed by atoms with E-state index in [0.717, 1.165) is 4.31 Å². The van der Waals surface area contributed by atoms with Gasteiger partial charge in [0.25, 0.3) is 21.5 Å². The molecule has 0 spiro atoms. The summed E-state index contributed by atoms with van der Waals surface area (Å²) in [6.45, 7) is 1.90. The van der Waals surface area contributed by atoms with Gasteiger partial charge >= 0.3 is 0 Å². The van der Waals surface area contributed by atoms with Crippen molar-refractivity contribution in [2.75, 3.05) is 11.4 Å². The molecule has 0 saturated carbocycles. The van der Waals surface area contributed by atoms with Crippen LogP contribution in [0.4, 0.5) is 5.69 Å². The first-order chi connectivity index (χ1) is 16.6. The van der Waals surface area contributed by atoms with Crippen molar-refractivity contribution in [1.82, 2.24) is 24.6 Å². The molecule has 10 nitrogen and oxygen atoms in total. The average molecular weight is 515 g/mol. The van der Waals surface area contributed by atoms with E-state index in [1.54, 1.807) is 44.3 Å². The van der Waals surface area contributed by atoms with E-state index in [2.05, 4.69) is 15.4 Å². The highest BCUT2D eigenvalue weighted by Gasteiger charge is 2.25. The summed E-state index contributed by atoms with van der Waals surface area (Å²) in [5.41, 5.74) is 0.775. The summed E-state index contributed by atoms with van der Waals surface area (Å²) in [5.74, 6) is -0.503. The summed E-state index contributed by atoms with van der Waals surface area (Å²) >= 11 is 6.21. The molecule has 1 N–H and O–H groups in total. The van der Waals surface area contributed by atoms with E-state index < -0.39 is 22.0 Å². The van der Waals surface area contributed by atoms with Crippen molar-refractivity contribution < 1.29 is 13.2 Å². The van der Waals surface area contributed by atoms with Crippen LogP contribution in [0.3, 0.4) is 0 Å². The SMILES string of the molecule is CC(Cn1cnc2c(cnn2C)c1=O)NC(=O)c1ccc(Cl)c(S(=O)(=O)N(C)c2ccccc2)c1. The second-order valence-electron chi connectivity index (χ2n) is 8.04. The third-order valence-corrected chi connectivity index (χ3v) is 7.78. The second-order valence-corrected chi connectivity index (χ2v) is 10.4. The van der Waals surface area contributed by atoms with E-state index in [0.29, 0.717) is 16.7 Å². The number of hydrogen-bond acceptors (Lipinski definition) is 6. The highest BCUT2D eigenvalue weighted by molar-refractivity contribution is 7.93. The fourth-order valence-electron chi connectivity index (χ4n) is 3.61. The molecule has 1 atom stereocenters. The number of carbonyl (C=O) groups excluding carboxylic acids is 1. The summed E-state index contributed by atoms with van der Waals surface area (Å²) in [6.07, 6.45) is 2.86. The standard InChI is InChI=1S/C23H23ClN6O4S/c1-15(13-30-14-25-21-18(23(30)32)12-26-28(21)2)27-22(31)16-9-10-19(24)20(11-16)35(33,34)29(3)17-7-5-4-6-8-17/h4-12,14-15H,13H2,1-3H3,(H,27,31). The fraction of sp³-hybridized carbons (Fsp3) is 0.217. The van der Waals surface area contributed by atoms with Gasteiger partial charge in [-0.25, -0.2) is 13.4 Å². The van der Waals surface area contributed by atoms with Gasteiger partial charge in [0.05, 0.1) is 16.9 Å². The van der Waals surface area contributed by atoms with Gasteiger partial charge in [-0.15, -0.1) is 0 Å². The van der Waals surface area contributed by atoms with Gasteiger partial charge in [0, 0.05) is 32.2 Å². The summed E-state index contributed by atoms with van der Waals surface area (Å²) in [7, 11) is -0.908. The zero-order valence-corrected chi connectivity index (χ0v) is 20.8. The molecule has 4 aromatic rings. The van der Waals surface area contributed by atoms with Gasteiger partial charge in [-0.2, -0.15) is 5.10 Å². The maximum Gasteiger partial charge on any atom is 0.265 e. The number of carbonyl (C=O) groups is 1. The largest absolute Gasteiger partial charge is 0.348 e.